The summed E-state index contributed by atoms with van der Waals surface area (Å²) < 4.78 is 5.71. The van der Waals surface area contributed by atoms with E-state index in [0.29, 0.717) is 0 Å². The van der Waals surface area contributed by atoms with Crippen LogP contribution in [-0.4, -0.2) is 18.6 Å². The number of para-hydroxylation sites is 2. The van der Waals surface area contributed by atoms with Crippen LogP contribution in [0.15, 0.2) is 54.6 Å². The fourth-order valence-corrected chi connectivity index (χ4v) is 2.54. The number of hydrogen-bond acceptors (Lipinski definition) is 2. The molecule has 2 aromatic carbocycles. The molecular weight excluding hydrogens is 250 g/mol. The molecular formula is C17H17NO2. The second-order valence-corrected chi connectivity index (χ2v) is 4.94. The minimum Gasteiger partial charge on any atom is -0.481 e. The topological polar surface area (TPSA) is 29.5 Å². The Morgan fingerprint density at radius 1 is 1.10 bits per heavy atom. The van der Waals surface area contributed by atoms with Crippen molar-refractivity contribution in [3.05, 3.63) is 60.2 Å². The summed E-state index contributed by atoms with van der Waals surface area (Å²) in [5.41, 5.74) is 2.24. The van der Waals surface area contributed by atoms with Crippen LogP contribution in [0.3, 0.4) is 0 Å². The van der Waals surface area contributed by atoms with Gasteiger partial charge in [0.05, 0.1) is 0 Å². The van der Waals surface area contributed by atoms with Crippen LogP contribution in [0.25, 0.3) is 0 Å². The van der Waals surface area contributed by atoms with Gasteiger partial charge in [-0.1, -0.05) is 36.4 Å². The van der Waals surface area contributed by atoms with Crippen molar-refractivity contribution < 1.29 is 9.53 Å². The van der Waals surface area contributed by atoms with Gasteiger partial charge in [-0.05, 0) is 37.1 Å². The molecule has 0 spiro atoms. The molecule has 2 aromatic rings. The average Bonchev–Trinajstić information content (AvgIpc) is 2.91. The molecule has 1 unspecified atom stereocenters. The fourth-order valence-electron chi connectivity index (χ4n) is 2.54. The highest BCUT2D eigenvalue weighted by atomic mass is 16.5. The molecule has 0 aromatic heterocycles. The molecule has 1 heterocycles. The van der Waals surface area contributed by atoms with Gasteiger partial charge in [-0.2, -0.15) is 0 Å². The van der Waals surface area contributed by atoms with Crippen LogP contribution in [0.2, 0.25) is 0 Å². The zero-order chi connectivity index (χ0) is 13.9. The van der Waals surface area contributed by atoms with Gasteiger partial charge in [0.15, 0.2) is 6.10 Å². The Hall–Kier alpha value is -2.29. The van der Waals surface area contributed by atoms with Gasteiger partial charge in [0, 0.05) is 12.2 Å². The third kappa shape index (κ3) is 2.39. The van der Waals surface area contributed by atoms with E-state index in [1.165, 1.54) is 5.56 Å². The number of rotatable bonds is 3. The number of nitrogens with zero attached hydrogens (tertiary/aromatic N) is 1. The van der Waals surface area contributed by atoms with Crippen molar-refractivity contribution in [3.63, 3.8) is 0 Å². The number of amides is 1. The van der Waals surface area contributed by atoms with Crippen molar-refractivity contribution >= 4 is 11.6 Å². The second kappa shape index (κ2) is 5.37. The third-order valence-electron chi connectivity index (χ3n) is 3.56. The smallest absolute Gasteiger partial charge is 0.267 e. The van der Waals surface area contributed by atoms with E-state index in [0.717, 1.165) is 24.4 Å². The SMILES string of the molecule is CC(Oc1ccccc1)C(=O)N1CCc2ccccc21. The first-order valence-electron chi connectivity index (χ1n) is 6.87. The van der Waals surface area contributed by atoms with Crippen LogP contribution >= 0.6 is 0 Å². The summed E-state index contributed by atoms with van der Waals surface area (Å²) in [7, 11) is 0. The molecule has 0 saturated heterocycles. The van der Waals surface area contributed by atoms with Crippen LogP contribution in [0.5, 0.6) is 5.75 Å². The lowest BCUT2D eigenvalue weighted by molar-refractivity contribution is -0.124. The summed E-state index contributed by atoms with van der Waals surface area (Å²) >= 11 is 0. The highest BCUT2D eigenvalue weighted by Crippen LogP contribution is 2.28. The molecule has 1 aliphatic heterocycles. The summed E-state index contributed by atoms with van der Waals surface area (Å²) in [4.78, 5) is 14.3. The Kier molecular flexibility index (Phi) is 3.42. The molecule has 1 aliphatic rings. The van der Waals surface area contributed by atoms with Gasteiger partial charge in [-0.15, -0.1) is 0 Å². The molecule has 1 amide bonds. The number of carbonyl (C=O) groups is 1. The minimum atomic E-state index is -0.483. The zero-order valence-electron chi connectivity index (χ0n) is 11.5. The highest BCUT2D eigenvalue weighted by Gasteiger charge is 2.28. The molecule has 3 nitrogen and oxygen atoms in total. The van der Waals surface area contributed by atoms with E-state index in [2.05, 4.69) is 6.07 Å². The van der Waals surface area contributed by atoms with Gasteiger partial charge < -0.3 is 9.64 Å². The lowest BCUT2D eigenvalue weighted by Crippen LogP contribution is -2.39. The van der Waals surface area contributed by atoms with Crippen LogP contribution in [-0.2, 0) is 11.2 Å². The maximum absolute atomic E-state index is 12.5. The molecule has 0 saturated carbocycles. The largest absolute Gasteiger partial charge is 0.481 e. The van der Waals surface area contributed by atoms with Crippen LogP contribution in [0, 0.1) is 0 Å². The number of ether oxygens (including phenoxy) is 1. The van der Waals surface area contributed by atoms with Gasteiger partial charge in [-0.25, -0.2) is 0 Å². The van der Waals surface area contributed by atoms with Gasteiger partial charge in [0.1, 0.15) is 5.75 Å². The Labute approximate surface area is 118 Å². The van der Waals surface area contributed by atoms with Gasteiger partial charge in [-0.3, -0.25) is 4.79 Å². The Balaban J connectivity index is 1.74. The fraction of sp³-hybridized carbons (Fsp3) is 0.235. The van der Waals surface area contributed by atoms with Crippen LogP contribution in [0.1, 0.15) is 12.5 Å². The van der Waals surface area contributed by atoms with E-state index in [1.807, 2.05) is 53.4 Å². The molecule has 0 aliphatic carbocycles. The quantitative estimate of drug-likeness (QED) is 0.855. The highest BCUT2D eigenvalue weighted by molar-refractivity contribution is 5.98. The summed E-state index contributed by atoms with van der Waals surface area (Å²) in [6.45, 7) is 2.54. The number of fused-ring (bicyclic) bond motifs is 1. The molecule has 20 heavy (non-hydrogen) atoms. The summed E-state index contributed by atoms with van der Waals surface area (Å²) in [5.74, 6) is 0.736. The van der Waals surface area contributed by atoms with E-state index >= 15 is 0 Å². The molecule has 0 radical (unpaired) electrons. The van der Waals surface area contributed by atoms with Gasteiger partial charge in [0.25, 0.3) is 5.91 Å². The van der Waals surface area contributed by atoms with Crippen molar-refractivity contribution in [1.82, 2.24) is 0 Å². The first-order valence-corrected chi connectivity index (χ1v) is 6.87. The normalized spacial score (nSPS) is 14.8. The molecule has 102 valence electrons. The third-order valence-corrected chi connectivity index (χ3v) is 3.56. The van der Waals surface area contributed by atoms with E-state index in [1.54, 1.807) is 6.92 Å². The lowest BCUT2D eigenvalue weighted by atomic mass is 10.2. The summed E-state index contributed by atoms with van der Waals surface area (Å²) in [5, 5.41) is 0. The molecule has 3 rings (SSSR count). The van der Waals surface area contributed by atoms with Crippen molar-refractivity contribution in [1.29, 1.82) is 0 Å². The van der Waals surface area contributed by atoms with Gasteiger partial charge >= 0.3 is 0 Å². The van der Waals surface area contributed by atoms with E-state index in [4.69, 9.17) is 4.74 Å². The number of carbonyl (C=O) groups excluding carboxylic acids is 1. The van der Waals surface area contributed by atoms with Crippen molar-refractivity contribution in [3.8, 4) is 5.75 Å². The average molecular weight is 267 g/mol. The van der Waals surface area contributed by atoms with Crippen LogP contribution in [0.4, 0.5) is 5.69 Å². The lowest BCUT2D eigenvalue weighted by Gasteiger charge is -2.22. The van der Waals surface area contributed by atoms with Crippen molar-refractivity contribution in [2.45, 2.75) is 19.4 Å². The minimum absolute atomic E-state index is 0.0128. The first kappa shape index (κ1) is 12.7. The Morgan fingerprint density at radius 2 is 1.80 bits per heavy atom. The summed E-state index contributed by atoms with van der Waals surface area (Å²) in [6, 6.07) is 17.5. The molecule has 1 atom stereocenters. The summed E-state index contributed by atoms with van der Waals surface area (Å²) in [6.07, 6.45) is 0.434. The van der Waals surface area contributed by atoms with Crippen molar-refractivity contribution in [2.75, 3.05) is 11.4 Å². The maximum atomic E-state index is 12.5. The molecule has 0 bridgehead atoms. The van der Waals surface area contributed by atoms with E-state index < -0.39 is 6.10 Å². The second-order valence-electron chi connectivity index (χ2n) is 4.94. The van der Waals surface area contributed by atoms with Crippen molar-refractivity contribution in [2.24, 2.45) is 0 Å². The first-order chi connectivity index (χ1) is 9.75. The monoisotopic (exact) mass is 267 g/mol. The molecule has 3 heteroatoms. The molecule has 0 N–H and O–H groups in total. The Morgan fingerprint density at radius 3 is 2.60 bits per heavy atom. The van der Waals surface area contributed by atoms with E-state index in [9.17, 15) is 4.79 Å². The Bertz CT molecular complexity index is 609. The number of benzene rings is 2. The number of hydrogen-bond donors (Lipinski definition) is 0. The van der Waals surface area contributed by atoms with Crippen LogP contribution < -0.4 is 9.64 Å². The maximum Gasteiger partial charge on any atom is 0.267 e. The van der Waals surface area contributed by atoms with Gasteiger partial charge in [0.2, 0.25) is 0 Å². The zero-order valence-corrected chi connectivity index (χ0v) is 11.5. The predicted octanol–water partition coefficient (Wildman–Crippen LogP) is 3.04. The van der Waals surface area contributed by atoms with E-state index in [-0.39, 0.29) is 5.91 Å². The standard InChI is InChI=1S/C17H17NO2/c1-13(20-15-8-3-2-4-9-15)17(19)18-12-11-14-7-5-6-10-16(14)18/h2-10,13H,11-12H2,1H3. The number of anilines is 1. The predicted molar refractivity (Wildman–Crippen MR) is 79.0 cm³/mol. The molecule has 0 fully saturated rings.